The van der Waals surface area contributed by atoms with Gasteiger partial charge < -0.3 is 20.7 Å². The quantitative estimate of drug-likeness (QED) is 0.0915. The van der Waals surface area contributed by atoms with Crippen LogP contribution in [0, 0.1) is 18.6 Å². The molecule has 4 aromatic carbocycles. The molecule has 2 amide bonds. The first-order valence-corrected chi connectivity index (χ1v) is 21.1. The van der Waals surface area contributed by atoms with Gasteiger partial charge in [0.15, 0.2) is 28.1 Å². The third-order valence-electron chi connectivity index (χ3n) is 11.6. The third kappa shape index (κ3) is 7.57. The van der Waals surface area contributed by atoms with Crippen molar-refractivity contribution in [3.05, 3.63) is 144 Å². The van der Waals surface area contributed by atoms with E-state index in [1.165, 1.54) is 29.2 Å². The van der Waals surface area contributed by atoms with E-state index >= 15 is 0 Å². The number of imidazole rings is 3. The highest BCUT2D eigenvalue weighted by atomic mass is 19.1. The molecule has 6 aromatic heterocycles. The van der Waals surface area contributed by atoms with Gasteiger partial charge in [-0.25, -0.2) is 38.7 Å². The molecule has 0 aliphatic rings. The number of nitrogens with two attached hydrogens (primary N) is 1. The first-order valence-electron chi connectivity index (χ1n) is 21.1. The summed E-state index contributed by atoms with van der Waals surface area (Å²) in [5.41, 5.74) is 19.0. The van der Waals surface area contributed by atoms with Crippen molar-refractivity contribution < 1.29 is 27.8 Å². The number of aromatic nitrogens is 9. The summed E-state index contributed by atoms with van der Waals surface area (Å²) in [6, 6.07) is 25.7. The Labute approximate surface area is 380 Å². The number of pyridine rings is 1. The number of benzene rings is 4. The lowest BCUT2D eigenvalue weighted by Crippen LogP contribution is -2.41. The van der Waals surface area contributed by atoms with Gasteiger partial charge >= 0.3 is 0 Å². The smallest absolute Gasteiger partial charge is 0.273 e. The molecule has 6 heterocycles. The van der Waals surface area contributed by atoms with Gasteiger partial charge in [0.25, 0.3) is 18.1 Å². The Morgan fingerprint density at radius 2 is 1.39 bits per heavy atom. The van der Waals surface area contributed by atoms with Crippen LogP contribution in [0.25, 0.3) is 78.3 Å². The van der Waals surface area contributed by atoms with E-state index in [1.54, 1.807) is 73.1 Å². The number of anilines is 2. The summed E-state index contributed by atoms with van der Waals surface area (Å²) in [6.45, 7) is 2.61. The maximum absolute atomic E-state index is 14.5. The Balaban J connectivity index is 1.15. The minimum Gasteiger partial charge on any atom is -0.383 e. The van der Waals surface area contributed by atoms with Gasteiger partial charge in [0, 0.05) is 74.0 Å². The molecular formula is C49H42F2N13O3+. The number of aryl methyl sites for hydroxylation is 2. The number of nitrogens with zero attached hydrogens (tertiary/aromatic N) is 10. The van der Waals surface area contributed by atoms with Crippen LogP contribution in [-0.4, -0.2) is 89.4 Å². The maximum atomic E-state index is 14.5. The van der Waals surface area contributed by atoms with Crippen LogP contribution in [0.4, 0.5) is 20.4 Å². The highest BCUT2D eigenvalue weighted by Gasteiger charge is 2.27. The van der Waals surface area contributed by atoms with Gasteiger partial charge in [-0.2, -0.15) is 0 Å². The number of carbonyl (C=O) groups excluding carboxylic acids is 2. The minimum atomic E-state index is -0.418. The lowest BCUT2D eigenvalue weighted by atomic mass is 10.0. The Bertz CT molecular complexity index is 3600. The van der Waals surface area contributed by atoms with Crippen LogP contribution in [-0.2, 0) is 11.8 Å². The highest BCUT2D eigenvalue weighted by Crippen LogP contribution is 2.38. The van der Waals surface area contributed by atoms with Gasteiger partial charge in [0.05, 0.1) is 41.9 Å². The van der Waals surface area contributed by atoms with Crippen LogP contribution in [0.5, 0.6) is 0 Å². The van der Waals surface area contributed by atoms with Crippen molar-refractivity contribution >= 4 is 56.7 Å². The lowest BCUT2D eigenvalue weighted by molar-refractivity contribution is -0.616. The van der Waals surface area contributed by atoms with Crippen molar-refractivity contribution in [2.75, 3.05) is 45.5 Å². The number of carbonyl (C=O) groups is 2. The van der Waals surface area contributed by atoms with E-state index in [2.05, 4.69) is 20.7 Å². The second-order valence-electron chi connectivity index (χ2n) is 16.2. The zero-order valence-electron chi connectivity index (χ0n) is 36.9. The van der Waals surface area contributed by atoms with Crippen LogP contribution in [0.2, 0.25) is 0 Å². The number of nitrogen functional groups attached to an aromatic ring is 1. The van der Waals surface area contributed by atoms with E-state index in [9.17, 15) is 18.4 Å². The van der Waals surface area contributed by atoms with Crippen LogP contribution in [0.1, 0.15) is 26.5 Å². The predicted molar refractivity (Wildman–Crippen MR) is 250 cm³/mol. The zero-order valence-corrected chi connectivity index (χ0v) is 36.9. The van der Waals surface area contributed by atoms with Crippen LogP contribution >= 0.6 is 0 Å². The van der Waals surface area contributed by atoms with Crippen molar-refractivity contribution in [2.24, 2.45) is 7.05 Å². The first-order chi connectivity index (χ1) is 32.4. The summed E-state index contributed by atoms with van der Waals surface area (Å²) in [5.74, 6) is -1.16. The van der Waals surface area contributed by atoms with Gasteiger partial charge in [-0.15, -0.1) is 4.68 Å². The number of hydrogen-bond acceptors (Lipinski definition) is 10. The predicted octanol–water partition coefficient (Wildman–Crippen LogP) is 6.89. The average molecular weight is 899 g/mol. The molecule has 10 rings (SSSR count). The molecule has 0 bridgehead atoms. The monoisotopic (exact) mass is 898 g/mol. The third-order valence-corrected chi connectivity index (χ3v) is 11.6. The summed E-state index contributed by atoms with van der Waals surface area (Å²) in [4.78, 5) is 52.2. The molecule has 0 aliphatic heterocycles. The van der Waals surface area contributed by atoms with Crippen LogP contribution < -0.4 is 21.2 Å². The van der Waals surface area contributed by atoms with Crippen LogP contribution in [0.3, 0.4) is 0 Å². The largest absolute Gasteiger partial charge is 0.383 e. The number of methoxy groups -OCH3 is 1. The molecule has 0 saturated heterocycles. The number of halogens is 2. The van der Waals surface area contributed by atoms with E-state index in [4.69, 9.17) is 25.4 Å². The second kappa shape index (κ2) is 16.7. The summed E-state index contributed by atoms with van der Waals surface area (Å²) >= 11 is 0. The molecule has 4 N–H and O–H groups in total. The number of amides is 2. The molecule has 16 nitrogen and oxygen atoms in total. The average Bonchev–Trinajstić information content (AvgIpc) is 4.06. The molecule has 0 atom stereocenters. The molecule has 67 heavy (non-hydrogen) atoms. The van der Waals surface area contributed by atoms with Gasteiger partial charge in [-0.1, -0.05) is 6.07 Å². The fraction of sp³-hybridized carbons (Fsp3) is 0.143. The van der Waals surface area contributed by atoms with Gasteiger partial charge in [-0.05, 0) is 97.4 Å². The molecule has 334 valence electrons. The molecule has 0 aliphatic carbocycles. The number of rotatable bonds is 11. The van der Waals surface area contributed by atoms with Crippen molar-refractivity contribution in [3.8, 4) is 45.0 Å². The normalized spacial score (nSPS) is 11.6. The Morgan fingerprint density at radius 1 is 0.776 bits per heavy atom. The molecule has 0 radical (unpaired) electrons. The zero-order chi connectivity index (χ0) is 46.7. The summed E-state index contributed by atoms with van der Waals surface area (Å²) in [6.07, 6.45) is 6.90. The first kappa shape index (κ1) is 42.3. The number of fused-ring (bicyclic) bond motifs is 4. The maximum Gasteiger partial charge on any atom is 0.273 e. The summed E-state index contributed by atoms with van der Waals surface area (Å²) < 4.78 is 41.1. The molecule has 0 fully saturated rings. The second-order valence-corrected chi connectivity index (χ2v) is 16.2. The summed E-state index contributed by atoms with van der Waals surface area (Å²) in [5, 5.41) is 3.74. The number of ether oxygens (including phenoxy) is 1. The molecular weight excluding hydrogens is 857 g/mol. The molecule has 0 unspecified atom stereocenters. The lowest BCUT2D eigenvalue weighted by Gasteiger charge is -2.16. The standard InChI is InChI=1S/C49H41F2N13O3/c1-27-18-19-53-35-16-10-30(22-34(27)35)42-41(29-8-14-33(51)15-9-29)58-45(47-56-37(25-63(42)47)49(66)60(2)3)59-64-26-61(4)39-23-31(11-17-38(39)64)43-40(28-6-12-32(50)13-7-28)57-44(52)46-55-36(24-62(43)46)48(65)54-20-21-67-5/h6-19,22-26H,20-21H2,1-5H3,(H3-,52,54,57,58,59,65)/p+1. The van der Waals surface area contributed by atoms with Crippen molar-refractivity contribution in [1.29, 1.82) is 0 Å². The SMILES string of the molecule is COCCNC(=O)c1cn2c(-c3ccc4c(c3)n(C)c[n+]4Nc3nc(-c4ccc(F)cc4)c(-c4ccc5nccc(C)c5c4)n4cc(C(=O)N(C)C)nc34)c(-c3ccc(F)cc3)nc(N)c2n1. The Hall–Kier alpha value is -8.64. The van der Waals surface area contributed by atoms with Crippen LogP contribution in [0.15, 0.2) is 116 Å². The fourth-order valence-electron chi connectivity index (χ4n) is 8.25. The Kier molecular flexibility index (Phi) is 10.6. The highest BCUT2D eigenvalue weighted by molar-refractivity contribution is 5.96. The Morgan fingerprint density at radius 3 is 2.07 bits per heavy atom. The van der Waals surface area contributed by atoms with Crippen molar-refractivity contribution in [2.45, 2.75) is 6.92 Å². The van der Waals surface area contributed by atoms with E-state index < -0.39 is 17.5 Å². The van der Waals surface area contributed by atoms with Gasteiger partial charge in [0.1, 0.15) is 23.0 Å². The molecule has 10 aromatic rings. The fourth-order valence-corrected chi connectivity index (χ4v) is 8.25. The topological polar surface area (TPSA) is 179 Å². The number of nitrogens with one attached hydrogen (secondary N) is 2. The van der Waals surface area contributed by atoms with Gasteiger partial charge in [-0.3, -0.25) is 23.4 Å². The van der Waals surface area contributed by atoms with E-state index in [0.717, 1.165) is 33.1 Å². The number of hydrogen-bond donors (Lipinski definition) is 3. The van der Waals surface area contributed by atoms with Crippen molar-refractivity contribution in [3.63, 3.8) is 0 Å². The molecule has 18 heteroatoms. The molecule has 0 saturated carbocycles. The molecule has 0 spiro atoms. The van der Waals surface area contributed by atoms with E-state index in [-0.39, 0.29) is 35.3 Å². The van der Waals surface area contributed by atoms with Gasteiger partial charge in [0.2, 0.25) is 5.82 Å². The van der Waals surface area contributed by atoms with E-state index in [1.807, 2.05) is 71.7 Å². The van der Waals surface area contributed by atoms with E-state index in [0.29, 0.717) is 57.5 Å². The van der Waals surface area contributed by atoms with Crippen molar-refractivity contribution in [1.82, 2.24) is 48.5 Å². The minimum absolute atomic E-state index is 0.0769. The summed E-state index contributed by atoms with van der Waals surface area (Å²) in [7, 11) is 6.76.